The number of hydrogen-bond donors (Lipinski definition) is 2. The van der Waals surface area contributed by atoms with Crippen LogP contribution in [-0.4, -0.2) is 62.7 Å². The largest absolute Gasteiger partial charge is 0.363 e. The summed E-state index contributed by atoms with van der Waals surface area (Å²) in [6.07, 6.45) is 6.35. The van der Waals surface area contributed by atoms with E-state index in [2.05, 4.69) is 49.9 Å². The molecular weight excluding hydrogens is 330 g/mol. The van der Waals surface area contributed by atoms with Crippen molar-refractivity contribution in [2.75, 3.05) is 44.7 Å². The van der Waals surface area contributed by atoms with Crippen LogP contribution in [0.4, 0.5) is 5.00 Å². The van der Waals surface area contributed by atoms with Gasteiger partial charge in [-0.3, -0.25) is 9.89 Å². The molecule has 2 N–H and O–H groups in total. The van der Waals surface area contributed by atoms with Crippen molar-refractivity contribution in [2.24, 2.45) is 4.99 Å². The molecule has 3 heterocycles. The van der Waals surface area contributed by atoms with E-state index in [4.69, 9.17) is 0 Å². The van der Waals surface area contributed by atoms with Crippen molar-refractivity contribution in [3.05, 3.63) is 17.5 Å². The van der Waals surface area contributed by atoms with Crippen LogP contribution >= 0.6 is 11.3 Å². The number of rotatable bonds is 5. The van der Waals surface area contributed by atoms with Gasteiger partial charge in [0.1, 0.15) is 0 Å². The van der Waals surface area contributed by atoms with Crippen LogP contribution < -0.4 is 15.5 Å². The Morgan fingerprint density at radius 2 is 2.08 bits per heavy atom. The van der Waals surface area contributed by atoms with E-state index in [0.29, 0.717) is 12.1 Å². The van der Waals surface area contributed by atoms with Crippen molar-refractivity contribution >= 4 is 22.3 Å². The van der Waals surface area contributed by atoms with E-state index in [1.165, 1.54) is 43.6 Å². The van der Waals surface area contributed by atoms with E-state index in [9.17, 15) is 0 Å². The summed E-state index contributed by atoms with van der Waals surface area (Å²) in [5, 5.41) is 10.8. The molecule has 0 aromatic carbocycles. The van der Waals surface area contributed by atoms with Gasteiger partial charge in [0.2, 0.25) is 0 Å². The zero-order valence-corrected chi connectivity index (χ0v) is 16.5. The van der Waals surface area contributed by atoms with Crippen LogP contribution in [0, 0.1) is 0 Å². The maximum Gasteiger partial charge on any atom is 0.191 e. The highest BCUT2D eigenvalue weighted by atomic mass is 32.1. The molecule has 140 valence electrons. The Labute approximate surface area is 156 Å². The van der Waals surface area contributed by atoms with Crippen LogP contribution in [0.15, 0.2) is 22.5 Å². The lowest BCUT2D eigenvalue weighted by Gasteiger charge is -2.36. The number of likely N-dealkylation sites (tertiary alicyclic amines) is 1. The number of nitrogens with zero attached hydrogens (tertiary/aromatic N) is 3. The molecule has 1 atom stereocenters. The molecule has 0 spiro atoms. The Balaban J connectivity index is 1.42. The Kier molecular flexibility index (Phi) is 6.99. The second kappa shape index (κ2) is 9.43. The molecule has 0 saturated carbocycles. The first-order chi connectivity index (χ1) is 12.3. The summed E-state index contributed by atoms with van der Waals surface area (Å²) in [6.45, 7) is 7.92. The summed E-state index contributed by atoms with van der Waals surface area (Å²) in [5.74, 6) is 0.969. The molecule has 3 rings (SSSR count). The number of likely N-dealkylation sites (N-methyl/N-ethyl adjacent to an activating group) is 1. The maximum atomic E-state index is 4.45. The van der Waals surface area contributed by atoms with Crippen molar-refractivity contribution in [2.45, 2.75) is 51.1 Å². The van der Waals surface area contributed by atoms with E-state index < -0.39 is 0 Å². The Hall–Kier alpha value is -1.27. The number of piperidine rings is 2. The predicted molar refractivity (Wildman–Crippen MR) is 109 cm³/mol. The zero-order valence-electron chi connectivity index (χ0n) is 15.7. The third-order valence-corrected chi connectivity index (χ3v) is 6.47. The molecule has 25 heavy (non-hydrogen) atoms. The SMILES string of the molecule is CCN1CCCCC1CNC(=NC)NC1CCN(c2cccs2)CC1. The summed E-state index contributed by atoms with van der Waals surface area (Å²) in [5.41, 5.74) is 0. The van der Waals surface area contributed by atoms with Crippen LogP contribution in [-0.2, 0) is 0 Å². The molecule has 2 aliphatic heterocycles. The molecule has 1 aromatic heterocycles. The molecule has 0 radical (unpaired) electrons. The van der Waals surface area contributed by atoms with Gasteiger partial charge >= 0.3 is 0 Å². The minimum atomic E-state index is 0.524. The van der Waals surface area contributed by atoms with Gasteiger partial charge in [-0.1, -0.05) is 13.3 Å². The summed E-state index contributed by atoms with van der Waals surface area (Å²) >= 11 is 1.84. The smallest absolute Gasteiger partial charge is 0.191 e. The van der Waals surface area contributed by atoms with Crippen molar-refractivity contribution in [3.63, 3.8) is 0 Å². The average molecular weight is 364 g/mol. The minimum absolute atomic E-state index is 0.524. The van der Waals surface area contributed by atoms with Gasteiger partial charge in [-0.25, -0.2) is 0 Å². The van der Waals surface area contributed by atoms with Gasteiger partial charge in [-0.05, 0) is 56.3 Å². The summed E-state index contributed by atoms with van der Waals surface area (Å²) in [4.78, 5) is 9.55. The van der Waals surface area contributed by atoms with Gasteiger partial charge < -0.3 is 15.5 Å². The molecule has 0 bridgehead atoms. The van der Waals surface area contributed by atoms with Crippen LogP contribution in [0.2, 0.25) is 0 Å². The topological polar surface area (TPSA) is 42.9 Å². The highest BCUT2D eigenvalue weighted by Gasteiger charge is 2.23. The Bertz CT molecular complexity index is 522. The number of thiophene rings is 1. The lowest BCUT2D eigenvalue weighted by atomic mass is 10.0. The second-order valence-corrected chi connectivity index (χ2v) is 8.01. The first-order valence-electron chi connectivity index (χ1n) is 9.80. The monoisotopic (exact) mass is 363 g/mol. The van der Waals surface area contributed by atoms with Crippen molar-refractivity contribution in [3.8, 4) is 0 Å². The van der Waals surface area contributed by atoms with Gasteiger partial charge in [-0.2, -0.15) is 0 Å². The molecule has 6 heteroatoms. The van der Waals surface area contributed by atoms with E-state index in [0.717, 1.165) is 32.1 Å². The molecule has 1 aromatic rings. The van der Waals surface area contributed by atoms with Crippen molar-refractivity contribution in [1.29, 1.82) is 0 Å². The van der Waals surface area contributed by atoms with Crippen LogP contribution in [0.25, 0.3) is 0 Å². The second-order valence-electron chi connectivity index (χ2n) is 7.09. The molecule has 2 aliphatic rings. The van der Waals surface area contributed by atoms with Crippen LogP contribution in [0.3, 0.4) is 0 Å². The molecule has 1 unspecified atom stereocenters. The van der Waals surface area contributed by atoms with E-state index in [1.54, 1.807) is 0 Å². The van der Waals surface area contributed by atoms with E-state index >= 15 is 0 Å². The first kappa shape index (κ1) is 18.5. The fourth-order valence-electron chi connectivity index (χ4n) is 4.00. The number of anilines is 1. The fraction of sp³-hybridized carbons (Fsp3) is 0.737. The molecule has 2 saturated heterocycles. The quantitative estimate of drug-likeness (QED) is 0.624. The minimum Gasteiger partial charge on any atom is -0.363 e. The molecule has 5 nitrogen and oxygen atoms in total. The van der Waals surface area contributed by atoms with Gasteiger partial charge in [0, 0.05) is 38.8 Å². The lowest BCUT2D eigenvalue weighted by molar-refractivity contribution is 0.157. The first-order valence-corrected chi connectivity index (χ1v) is 10.7. The normalized spacial score (nSPS) is 23.7. The van der Waals surface area contributed by atoms with Crippen LogP contribution in [0.1, 0.15) is 39.0 Å². The number of aliphatic imine (C=N–C) groups is 1. The number of hydrogen-bond acceptors (Lipinski definition) is 4. The summed E-state index contributed by atoms with van der Waals surface area (Å²) in [7, 11) is 1.88. The zero-order chi connectivity index (χ0) is 17.5. The maximum absolute atomic E-state index is 4.45. The Morgan fingerprint density at radius 3 is 2.76 bits per heavy atom. The van der Waals surface area contributed by atoms with Gasteiger partial charge in [-0.15, -0.1) is 11.3 Å². The highest BCUT2D eigenvalue weighted by Crippen LogP contribution is 2.24. The Morgan fingerprint density at radius 1 is 1.24 bits per heavy atom. The summed E-state index contributed by atoms with van der Waals surface area (Å²) < 4.78 is 0. The molecular formula is C19H33N5S. The third kappa shape index (κ3) is 5.11. The highest BCUT2D eigenvalue weighted by molar-refractivity contribution is 7.14. The van der Waals surface area contributed by atoms with Gasteiger partial charge in [0.05, 0.1) is 5.00 Å². The molecule has 0 amide bonds. The molecule has 0 aliphatic carbocycles. The van der Waals surface area contributed by atoms with Gasteiger partial charge in [0.15, 0.2) is 5.96 Å². The third-order valence-electron chi connectivity index (χ3n) is 5.54. The van der Waals surface area contributed by atoms with E-state index in [1.807, 2.05) is 18.4 Å². The van der Waals surface area contributed by atoms with Crippen molar-refractivity contribution < 1.29 is 0 Å². The van der Waals surface area contributed by atoms with E-state index in [-0.39, 0.29) is 0 Å². The number of nitrogens with one attached hydrogen (secondary N) is 2. The van der Waals surface area contributed by atoms with Crippen molar-refractivity contribution in [1.82, 2.24) is 15.5 Å². The average Bonchev–Trinajstić information content (AvgIpc) is 3.20. The number of guanidine groups is 1. The summed E-state index contributed by atoms with van der Waals surface area (Å²) in [6, 6.07) is 5.54. The fourth-order valence-corrected chi connectivity index (χ4v) is 4.79. The standard InChI is InChI=1S/C19H33N5S/c1-3-23-11-5-4-7-17(23)15-21-19(20-2)22-16-9-12-24(13-10-16)18-8-6-14-25-18/h6,8,14,16-17H,3-5,7,9-13,15H2,1-2H3,(H2,20,21,22). The molecule has 2 fully saturated rings. The predicted octanol–water partition coefficient (Wildman–Crippen LogP) is 2.76. The van der Waals surface area contributed by atoms with Crippen LogP contribution in [0.5, 0.6) is 0 Å². The lowest BCUT2D eigenvalue weighted by Crippen LogP contribution is -2.52. The van der Waals surface area contributed by atoms with Gasteiger partial charge in [0.25, 0.3) is 0 Å².